The first-order chi connectivity index (χ1) is 8.71. The standard InChI is InChI=1S/C12H13BrClNO3S/c1-7-5-8(12(16)15(2)9-3-4-9)6-10(11(7)13)19(14,17)18/h5-6,9H,3-4H2,1-2H3. The maximum atomic E-state index is 12.2. The van der Waals surface area contributed by atoms with Crippen LogP contribution in [0.1, 0.15) is 28.8 Å². The molecular formula is C12H13BrClNO3S. The second-order valence-corrected chi connectivity index (χ2v) is 8.02. The van der Waals surface area contributed by atoms with Gasteiger partial charge in [-0.3, -0.25) is 4.79 Å². The van der Waals surface area contributed by atoms with Crippen molar-refractivity contribution in [3.05, 3.63) is 27.7 Å². The van der Waals surface area contributed by atoms with Gasteiger partial charge in [-0.2, -0.15) is 0 Å². The van der Waals surface area contributed by atoms with Crippen molar-refractivity contribution < 1.29 is 13.2 Å². The third-order valence-electron chi connectivity index (χ3n) is 3.15. The van der Waals surface area contributed by atoms with E-state index in [1.54, 1.807) is 24.9 Å². The third-order valence-corrected chi connectivity index (χ3v) is 5.81. The summed E-state index contributed by atoms with van der Waals surface area (Å²) in [4.78, 5) is 13.8. The van der Waals surface area contributed by atoms with Crippen LogP contribution >= 0.6 is 26.6 Å². The first kappa shape index (κ1) is 14.8. The van der Waals surface area contributed by atoms with Crippen molar-refractivity contribution in [2.45, 2.75) is 30.7 Å². The van der Waals surface area contributed by atoms with Gasteiger partial charge in [0.15, 0.2) is 0 Å². The highest BCUT2D eigenvalue weighted by molar-refractivity contribution is 9.10. The number of amides is 1. The van der Waals surface area contributed by atoms with E-state index in [1.165, 1.54) is 6.07 Å². The SMILES string of the molecule is Cc1cc(C(=O)N(C)C2CC2)cc(S(=O)(=O)Cl)c1Br. The zero-order valence-electron chi connectivity index (χ0n) is 10.5. The number of hydrogen-bond donors (Lipinski definition) is 0. The van der Waals surface area contributed by atoms with Crippen LogP contribution in [-0.2, 0) is 9.05 Å². The molecule has 1 aliphatic carbocycles. The summed E-state index contributed by atoms with van der Waals surface area (Å²) in [6.45, 7) is 1.73. The maximum Gasteiger partial charge on any atom is 0.262 e. The molecule has 4 nitrogen and oxygen atoms in total. The monoisotopic (exact) mass is 365 g/mol. The van der Waals surface area contributed by atoms with E-state index in [1.807, 2.05) is 0 Å². The Balaban J connectivity index is 2.47. The molecule has 1 saturated carbocycles. The molecule has 2 rings (SSSR count). The van der Waals surface area contributed by atoms with Crippen LogP contribution in [-0.4, -0.2) is 32.3 Å². The number of halogens is 2. The number of hydrogen-bond acceptors (Lipinski definition) is 3. The van der Waals surface area contributed by atoms with Gasteiger partial charge in [-0.25, -0.2) is 8.42 Å². The minimum Gasteiger partial charge on any atom is -0.339 e. The summed E-state index contributed by atoms with van der Waals surface area (Å²) < 4.78 is 23.4. The fourth-order valence-corrected chi connectivity index (χ4v) is 4.03. The molecule has 1 aliphatic rings. The number of nitrogens with zero attached hydrogens (tertiary/aromatic N) is 1. The van der Waals surface area contributed by atoms with Gasteiger partial charge in [-0.1, -0.05) is 0 Å². The molecule has 19 heavy (non-hydrogen) atoms. The number of benzene rings is 1. The van der Waals surface area contributed by atoms with Crippen LogP contribution in [0.25, 0.3) is 0 Å². The maximum absolute atomic E-state index is 12.2. The topological polar surface area (TPSA) is 54.5 Å². The predicted molar refractivity (Wildman–Crippen MR) is 77.0 cm³/mol. The largest absolute Gasteiger partial charge is 0.339 e. The number of rotatable bonds is 3. The van der Waals surface area contributed by atoms with E-state index in [0.717, 1.165) is 12.8 Å². The van der Waals surface area contributed by atoms with Crippen molar-refractivity contribution in [2.24, 2.45) is 0 Å². The van der Waals surface area contributed by atoms with Gasteiger partial charge in [0.1, 0.15) is 0 Å². The number of carbonyl (C=O) groups is 1. The van der Waals surface area contributed by atoms with Gasteiger partial charge in [0.05, 0.1) is 4.90 Å². The van der Waals surface area contributed by atoms with Crippen LogP contribution in [0, 0.1) is 6.92 Å². The Labute approximate surface area is 125 Å². The lowest BCUT2D eigenvalue weighted by atomic mass is 10.1. The van der Waals surface area contributed by atoms with Crippen LogP contribution in [0.3, 0.4) is 0 Å². The molecule has 1 fully saturated rings. The van der Waals surface area contributed by atoms with Crippen LogP contribution in [0.4, 0.5) is 0 Å². The molecule has 0 spiro atoms. The Morgan fingerprint density at radius 1 is 1.42 bits per heavy atom. The number of aryl methyl sites for hydroxylation is 1. The highest BCUT2D eigenvalue weighted by Crippen LogP contribution is 2.31. The van der Waals surface area contributed by atoms with E-state index in [4.69, 9.17) is 10.7 Å². The highest BCUT2D eigenvalue weighted by atomic mass is 79.9. The third kappa shape index (κ3) is 3.12. The Morgan fingerprint density at radius 2 is 2.00 bits per heavy atom. The molecule has 0 saturated heterocycles. The smallest absolute Gasteiger partial charge is 0.262 e. The molecule has 0 heterocycles. The lowest BCUT2D eigenvalue weighted by Crippen LogP contribution is -2.28. The minimum atomic E-state index is -3.89. The first-order valence-corrected chi connectivity index (χ1v) is 8.84. The van der Waals surface area contributed by atoms with Crippen molar-refractivity contribution in [1.29, 1.82) is 0 Å². The lowest BCUT2D eigenvalue weighted by molar-refractivity contribution is 0.0784. The zero-order valence-corrected chi connectivity index (χ0v) is 13.6. The van der Waals surface area contributed by atoms with Crippen LogP contribution in [0.2, 0.25) is 0 Å². The molecule has 0 radical (unpaired) electrons. The summed E-state index contributed by atoms with van der Waals surface area (Å²) in [5.74, 6) is -0.181. The lowest BCUT2D eigenvalue weighted by Gasteiger charge is -2.17. The molecule has 0 bridgehead atoms. The van der Waals surface area contributed by atoms with Gasteiger partial charge < -0.3 is 4.90 Å². The summed E-state index contributed by atoms with van der Waals surface area (Å²) in [7, 11) is 3.22. The zero-order chi connectivity index (χ0) is 14.4. The summed E-state index contributed by atoms with van der Waals surface area (Å²) in [5, 5.41) is 0. The summed E-state index contributed by atoms with van der Waals surface area (Å²) in [6.07, 6.45) is 2.00. The fraction of sp³-hybridized carbons (Fsp3) is 0.417. The Kier molecular flexibility index (Phi) is 3.95. The van der Waals surface area contributed by atoms with Gasteiger partial charge in [-0.05, 0) is 53.4 Å². The van der Waals surface area contributed by atoms with E-state index >= 15 is 0 Å². The van der Waals surface area contributed by atoms with E-state index < -0.39 is 9.05 Å². The van der Waals surface area contributed by atoms with Crippen molar-refractivity contribution in [2.75, 3.05) is 7.05 Å². The van der Waals surface area contributed by atoms with Crippen molar-refractivity contribution in [1.82, 2.24) is 4.90 Å². The molecule has 104 valence electrons. The van der Waals surface area contributed by atoms with Crippen molar-refractivity contribution in [3.63, 3.8) is 0 Å². The quantitative estimate of drug-likeness (QED) is 0.773. The van der Waals surface area contributed by atoms with Crippen LogP contribution in [0.15, 0.2) is 21.5 Å². The molecular weight excluding hydrogens is 354 g/mol. The summed E-state index contributed by atoms with van der Waals surface area (Å²) >= 11 is 3.19. The van der Waals surface area contributed by atoms with Crippen molar-refractivity contribution >= 4 is 41.6 Å². The van der Waals surface area contributed by atoms with E-state index in [9.17, 15) is 13.2 Å². The first-order valence-electron chi connectivity index (χ1n) is 5.74. The molecule has 0 N–H and O–H groups in total. The molecule has 1 aromatic rings. The van der Waals surface area contributed by atoms with Crippen molar-refractivity contribution in [3.8, 4) is 0 Å². The van der Waals surface area contributed by atoms with Crippen LogP contribution in [0.5, 0.6) is 0 Å². The number of carbonyl (C=O) groups excluding carboxylic acids is 1. The van der Waals surface area contributed by atoms with Crippen LogP contribution < -0.4 is 0 Å². The normalized spacial score (nSPS) is 15.4. The summed E-state index contributed by atoms with van der Waals surface area (Å²) in [6, 6.07) is 3.25. The second kappa shape index (κ2) is 5.07. The van der Waals surface area contributed by atoms with Gasteiger partial charge in [0.25, 0.3) is 15.0 Å². The van der Waals surface area contributed by atoms with Gasteiger partial charge in [0, 0.05) is 33.8 Å². The van der Waals surface area contributed by atoms with E-state index in [2.05, 4.69) is 15.9 Å². The Hall–Kier alpha value is -0.590. The molecule has 7 heteroatoms. The molecule has 0 atom stereocenters. The average Bonchev–Trinajstić information content (AvgIpc) is 3.13. The Morgan fingerprint density at radius 3 is 2.47 bits per heavy atom. The van der Waals surface area contributed by atoms with E-state index in [0.29, 0.717) is 15.6 Å². The highest BCUT2D eigenvalue weighted by Gasteiger charge is 2.31. The predicted octanol–water partition coefficient (Wildman–Crippen LogP) is 2.92. The van der Waals surface area contributed by atoms with Gasteiger partial charge >= 0.3 is 0 Å². The molecule has 0 aliphatic heterocycles. The van der Waals surface area contributed by atoms with Gasteiger partial charge in [0.2, 0.25) is 0 Å². The molecule has 0 unspecified atom stereocenters. The molecule has 0 aromatic heterocycles. The Bertz CT molecular complexity index is 641. The van der Waals surface area contributed by atoms with E-state index in [-0.39, 0.29) is 16.8 Å². The van der Waals surface area contributed by atoms with Gasteiger partial charge in [-0.15, -0.1) is 0 Å². The summed E-state index contributed by atoms with van der Waals surface area (Å²) in [5.41, 5.74) is 1.00. The average molecular weight is 367 g/mol. The second-order valence-electron chi connectivity index (χ2n) is 4.69. The molecule has 1 amide bonds. The minimum absolute atomic E-state index is 0.0679. The fourth-order valence-electron chi connectivity index (χ4n) is 1.87. The molecule has 1 aromatic carbocycles.